The maximum Gasteiger partial charge on any atom is 0.0270 e. The molecule has 0 aromatic carbocycles. The van der Waals surface area contributed by atoms with Crippen molar-refractivity contribution in [3.8, 4) is 0 Å². The van der Waals surface area contributed by atoms with Crippen molar-refractivity contribution in [2.24, 2.45) is 5.92 Å². The molecule has 2 heterocycles. The summed E-state index contributed by atoms with van der Waals surface area (Å²) in [6, 6.07) is 4.31. The van der Waals surface area contributed by atoms with Gasteiger partial charge in [-0.3, -0.25) is 4.98 Å². The van der Waals surface area contributed by atoms with Gasteiger partial charge in [0.05, 0.1) is 0 Å². The van der Waals surface area contributed by atoms with Crippen molar-refractivity contribution in [3.63, 3.8) is 0 Å². The molecular formula is C13H18N2. The second-order valence-corrected chi connectivity index (χ2v) is 4.99. The second kappa shape index (κ2) is 3.60. The molecule has 1 atom stereocenters. The molecule has 1 N–H and O–H groups in total. The van der Waals surface area contributed by atoms with Crippen LogP contribution in [0.15, 0.2) is 24.5 Å². The lowest BCUT2D eigenvalue weighted by molar-refractivity contribution is 0.323. The highest BCUT2D eigenvalue weighted by Gasteiger charge is 2.46. The van der Waals surface area contributed by atoms with Crippen molar-refractivity contribution in [1.29, 1.82) is 0 Å². The van der Waals surface area contributed by atoms with Gasteiger partial charge < -0.3 is 5.32 Å². The summed E-state index contributed by atoms with van der Waals surface area (Å²) in [4.78, 5) is 4.08. The molecule has 0 spiro atoms. The van der Waals surface area contributed by atoms with E-state index >= 15 is 0 Å². The van der Waals surface area contributed by atoms with Crippen molar-refractivity contribution in [3.05, 3.63) is 30.1 Å². The van der Waals surface area contributed by atoms with Gasteiger partial charge in [0.2, 0.25) is 0 Å². The molecule has 2 fully saturated rings. The highest BCUT2D eigenvalue weighted by molar-refractivity contribution is 5.18. The minimum Gasteiger partial charge on any atom is -0.311 e. The summed E-state index contributed by atoms with van der Waals surface area (Å²) in [7, 11) is 0. The molecule has 1 aliphatic heterocycles. The third-order valence-corrected chi connectivity index (χ3v) is 3.90. The standard InChI is InChI=1S/C13H18N2/c1-6-13(15-7-1,12-2-3-12)10-11-4-8-14-9-5-11/h4-5,8-9,12,15H,1-3,6-7,10H2. The van der Waals surface area contributed by atoms with Gasteiger partial charge in [0, 0.05) is 17.9 Å². The third kappa shape index (κ3) is 1.78. The first kappa shape index (κ1) is 9.34. The predicted molar refractivity (Wildman–Crippen MR) is 60.6 cm³/mol. The van der Waals surface area contributed by atoms with Crippen LogP contribution in [0, 0.1) is 5.92 Å². The number of hydrogen-bond donors (Lipinski definition) is 1. The lowest BCUT2D eigenvalue weighted by Crippen LogP contribution is -2.44. The van der Waals surface area contributed by atoms with Crippen molar-refractivity contribution in [2.75, 3.05) is 6.54 Å². The van der Waals surface area contributed by atoms with Crippen molar-refractivity contribution in [2.45, 2.75) is 37.6 Å². The fraction of sp³-hybridized carbons (Fsp3) is 0.615. The van der Waals surface area contributed by atoms with E-state index in [2.05, 4.69) is 22.4 Å². The average Bonchev–Trinajstić information content (AvgIpc) is 3.03. The smallest absolute Gasteiger partial charge is 0.0270 e. The minimum absolute atomic E-state index is 0.432. The number of aromatic nitrogens is 1. The van der Waals surface area contributed by atoms with E-state index in [1.54, 1.807) is 0 Å². The SMILES string of the molecule is c1cc(CC2(C3CC3)CCCN2)ccn1. The molecule has 80 valence electrons. The molecule has 0 radical (unpaired) electrons. The number of pyridine rings is 1. The average molecular weight is 202 g/mol. The summed E-state index contributed by atoms with van der Waals surface area (Å²) in [5, 5.41) is 3.76. The summed E-state index contributed by atoms with van der Waals surface area (Å²) in [5.74, 6) is 0.938. The maximum atomic E-state index is 4.08. The highest BCUT2D eigenvalue weighted by atomic mass is 15.0. The molecule has 2 heteroatoms. The molecule has 2 aliphatic rings. The number of rotatable bonds is 3. The topological polar surface area (TPSA) is 24.9 Å². The lowest BCUT2D eigenvalue weighted by Gasteiger charge is -2.30. The molecule has 1 aromatic rings. The predicted octanol–water partition coefficient (Wildman–Crippen LogP) is 2.16. The zero-order chi connectivity index (χ0) is 10.1. The number of hydrogen-bond acceptors (Lipinski definition) is 2. The van der Waals surface area contributed by atoms with E-state index in [0.29, 0.717) is 5.54 Å². The highest BCUT2D eigenvalue weighted by Crippen LogP contribution is 2.45. The van der Waals surface area contributed by atoms with E-state index in [1.807, 2.05) is 12.4 Å². The van der Waals surface area contributed by atoms with Gasteiger partial charge in [0.15, 0.2) is 0 Å². The summed E-state index contributed by atoms with van der Waals surface area (Å²) in [6.45, 7) is 1.21. The van der Waals surface area contributed by atoms with E-state index in [-0.39, 0.29) is 0 Å². The Kier molecular flexibility index (Phi) is 2.24. The van der Waals surface area contributed by atoms with Crippen molar-refractivity contribution < 1.29 is 0 Å². The van der Waals surface area contributed by atoms with Crippen LogP contribution in [-0.2, 0) is 6.42 Å². The van der Waals surface area contributed by atoms with Gasteiger partial charge in [-0.2, -0.15) is 0 Å². The van der Waals surface area contributed by atoms with E-state index in [1.165, 1.54) is 44.2 Å². The quantitative estimate of drug-likeness (QED) is 0.812. The first-order valence-corrected chi connectivity index (χ1v) is 6.03. The Morgan fingerprint density at radius 2 is 2.13 bits per heavy atom. The molecule has 3 rings (SSSR count). The van der Waals surface area contributed by atoms with E-state index in [9.17, 15) is 0 Å². The van der Waals surface area contributed by atoms with Gasteiger partial charge in [0.25, 0.3) is 0 Å². The second-order valence-electron chi connectivity index (χ2n) is 4.99. The first-order valence-electron chi connectivity index (χ1n) is 6.03. The molecule has 1 unspecified atom stereocenters. The zero-order valence-electron chi connectivity index (χ0n) is 9.08. The van der Waals surface area contributed by atoms with Crippen LogP contribution < -0.4 is 5.32 Å². The van der Waals surface area contributed by atoms with Crippen LogP contribution in [0.2, 0.25) is 0 Å². The largest absolute Gasteiger partial charge is 0.311 e. The number of nitrogens with one attached hydrogen (secondary N) is 1. The molecule has 0 bridgehead atoms. The van der Waals surface area contributed by atoms with E-state index < -0.39 is 0 Å². The maximum absolute atomic E-state index is 4.08. The summed E-state index contributed by atoms with van der Waals surface area (Å²) in [5.41, 5.74) is 1.87. The zero-order valence-corrected chi connectivity index (χ0v) is 9.08. The van der Waals surface area contributed by atoms with Crippen LogP contribution in [0.4, 0.5) is 0 Å². The van der Waals surface area contributed by atoms with Gasteiger partial charge in [-0.15, -0.1) is 0 Å². The van der Waals surface area contributed by atoms with Gasteiger partial charge >= 0.3 is 0 Å². The molecule has 2 nitrogen and oxygen atoms in total. The van der Waals surface area contributed by atoms with Crippen molar-refractivity contribution >= 4 is 0 Å². The molecule has 1 aromatic heterocycles. The van der Waals surface area contributed by atoms with Crippen LogP contribution in [0.5, 0.6) is 0 Å². The normalized spacial score (nSPS) is 30.7. The molecule has 1 saturated carbocycles. The van der Waals surface area contributed by atoms with Crippen molar-refractivity contribution in [1.82, 2.24) is 10.3 Å². The monoisotopic (exact) mass is 202 g/mol. The Balaban J connectivity index is 1.79. The molecule has 15 heavy (non-hydrogen) atoms. The van der Waals surface area contributed by atoms with Crippen LogP contribution >= 0.6 is 0 Å². The fourth-order valence-electron chi connectivity index (χ4n) is 2.97. The lowest BCUT2D eigenvalue weighted by atomic mass is 9.85. The summed E-state index contributed by atoms with van der Waals surface area (Å²) in [6.07, 6.45) is 10.6. The van der Waals surface area contributed by atoms with Crippen LogP contribution in [0.25, 0.3) is 0 Å². The third-order valence-electron chi connectivity index (χ3n) is 3.90. The fourth-order valence-corrected chi connectivity index (χ4v) is 2.97. The Morgan fingerprint density at radius 3 is 2.73 bits per heavy atom. The molecule has 0 amide bonds. The Labute approximate surface area is 91.1 Å². The first-order chi connectivity index (χ1) is 7.39. The molecule has 1 aliphatic carbocycles. The van der Waals surface area contributed by atoms with Crippen LogP contribution in [-0.4, -0.2) is 17.1 Å². The Hall–Kier alpha value is -0.890. The van der Waals surface area contributed by atoms with Crippen LogP contribution in [0.1, 0.15) is 31.2 Å². The van der Waals surface area contributed by atoms with Gasteiger partial charge in [-0.1, -0.05) is 0 Å². The summed E-state index contributed by atoms with van der Waals surface area (Å²) >= 11 is 0. The molecule has 1 saturated heterocycles. The van der Waals surface area contributed by atoms with E-state index in [0.717, 1.165) is 5.92 Å². The van der Waals surface area contributed by atoms with E-state index in [4.69, 9.17) is 0 Å². The van der Waals surface area contributed by atoms with Gasteiger partial charge in [-0.05, 0) is 62.3 Å². The Bertz CT molecular complexity index is 324. The van der Waals surface area contributed by atoms with Gasteiger partial charge in [-0.25, -0.2) is 0 Å². The van der Waals surface area contributed by atoms with Gasteiger partial charge in [0.1, 0.15) is 0 Å². The number of nitrogens with zero attached hydrogens (tertiary/aromatic N) is 1. The summed E-state index contributed by atoms with van der Waals surface area (Å²) < 4.78 is 0. The van der Waals surface area contributed by atoms with Crippen LogP contribution in [0.3, 0.4) is 0 Å². The Morgan fingerprint density at radius 1 is 1.33 bits per heavy atom. The molecular weight excluding hydrogens is 184 g/mol. The minimum atomic E-state index is 0.432.